The molecule has 7 heteroatoms. The molecule has 0 unspecified atom stereocenters. The summed E-state index contributed by atoms with van der Waals surface area (Å²) in [5, 5.41) is 0. The summed E-state index contributed by atoms with van der Waals surface area (Å²) >= 11 is 0. The third-order valence-corrected chi connectivity index (χ3v) is 12.3. The maximum Gasteiger partial charge on any atom is 0.320 e. The Kier molecular flexibility index (Phi) is 7.78. The van der Waals surface area contributed by atoms with E-state index in [1.165, 1.54) is 19.3 Å². The van der Waals surface area contributed by atoms with Crippen LogP contribution >= 0.6 is 0 Å². The monoisotopic (exact) mass is 556 g/mol. The predicted octanol–water partition coefficient (Wildman–Crippen LogP) is 5.19. The van der Waals surface area contributed by atoms with Crippen LogP contribution in [0.1, 0.15) is 85.5 Å². The van der Waals surface area contributed by atoms with Gasteiger partial charge in [0, 0.05) is 42.8 Å². The summed E-state index contributed by atoms with van der Waals surface area (Å²) in [7, 11) is 0. The lowest BCUT2D eigenvalue weighted by Crippen LogP contribution is -2.73. The first kappa shape index (κ1) is 28.9. The molecule has 5 fully saturated rings. The maximum atomic E-state index is 12.8. The lowest BCUT2D eigenvalue weighted by atomic mass is 9.42. The van der Waals surface area contributed by atoms with E-state index in [0.717, 1.165) is 45.2 Å². The van der Waals surface area contributed by atoms with E-state index in [9.17, 15) is 4.79 Å². The molecule has 0 amide bonds. The molecule has 7 rings (SSSR count). The van der Waals surface area contributed by atoms with Crippen LogP contribution in [0.2, 0.25) is 0 Å². The highest BCUT2D eigenvalue weighted by Gasteiger charge is 2.74. The molecule has 0 radical (unpaired) electrons. The summed E-state index contributed by atoms with van der Waals surface area (Å²) in [5.41, 5.74) is 5.62. The van der Waals surface area contributed by atoms with Crippen molar-refractivity contribution in [1.82, 2.24) is 4.90 Å². The van der Waals surface area contributed by atoms with Gasteiger partial charge in [0.15, 0.2) is 0 Å². The lowest BCUT2D eigenvalue weighted by Gasteiger charge is -2.69. The van der Waals surface area contributed by atoms with Crippen molar-refractivity contribution < 1.29 is 24.0 Å². The van der Waals surface area contributed by atoms with Crippen LogP contribution in [-0.2, 0) is 24.0 Å². The molecule has 3 aliphatic heterocycles. The largest absolute Gasteiger partial charge is 0.461 e. The Bertz CT molecular complexity index is 1010. The van der Waals surface area contributed by atoms with E-state index in [0.29, 0.717) is 49.9 Å². The van der Waals surface area contributed by atoms with Crippen LogP contribution in [0.5, 0.6) is 0 Å². The molecule has 3 heterocycles. The molecule has 0 aromatic rings. The van der Waals surface area contributed by atoms with Crippen molar-refractivity contribution in [3.63, 3.8) is 0 Å². The summed E-state index contributed by atoms with van der Waals surface area (Å²) < 4.78 is 11.5. The Morgan fingerprint density at radius 3 is 2.60 bits per heavy atom. The fourth-order valence-electron chi connectivity index (χ4n) is 10.1. The zero-order valence-corrected chi connectivity index (χ0v) is 25.2. The van der Waals surface area contributed by atoms with Crippen molar-refractivity contribution in [2.24, 2.45) is 40.2 Å². The lowest BCUT2D eigenvalue weighted by molar-refractivity contribution is -0.497. The average molecular weight is 557 g/mol. The van der Waals surface area contributed by atoms with Crippen LogP contribution in [0.4, 0.5) is 0 Å². The van der Waals surface area contributed by atoms with Gasteiger partial charge in [-0.1, -0.05) is 52.3 Å². The van der Waals surface area contributed by atoms with Crippen molar-refractivity contribution in [3.05, 3.63) is 24.3 Å². The Labute approximate surface area is 241 Å². The Morgan fingerprint density at radius 1 is 1.07 bits per heavy atom. The average Bonchev–Trinajstić information content (AvgIpc) is 3.30. The maximum absolute atomic E-state index is 12.8. The van der Waals surface area contributed by atoms with Gasteiger partial charge in [-0.3, -0.25) is 9.69 Å². The van der Waals surface area contributed by atoms with Crippen molar-refractivity contribution >= 4 is 5.97 Å². The first-order valence-electron chi connectivity index (χ1n) is 16.2. The summed E-state index contributed by atoms with van der Waals surface area (Å²) in [4.78, 5) is 28.1. The Hall–Kier alpha value is -1.25. The second-order valence-corrected chi connectivity index (χ2v) is 14.4. The number of esters is 1. The minimum Gasteiger partial charge on any atom is -0.461 e. The number of hydrogen-bond donors (Lipinski definition) is 1. The van der Waals surface area contributed by atoms with Gasteiger partial charge >= 0.3 is 5.97 Å². The van der Waals surface area contributed by atoms with E-state index in [1.807, 2.05) is 0 Å². The van der Waals surface area contributed by atoms with Crippen molar-refractivity contribution in [2.75, 3.05) is 32.8 Å². The fraction of sp³-hybridized carbons (Fsp3) is 0.848. The molecular formula is C33H52N2O5. The SMILES string of the molecule is CCC[C@@H](N)/C=C/[C@@H](C)[C@H]1CC[C@@H]2[C@]1(C)CC[C@H]1[C@]23C=C[C@]2(C[C@@H](OC(=O)CN4CCOCC4)CC[C@]12C)OO3. The second-order valence-electron chi connectivity index (χ2n) is 14.4. The van der Waals surface area contributed by atoms with Gasteiger partial charge in [0.2, 0.25) is 0 Å². The molecule has 0 aromatic carbocycles. The van der Waals surface area contributed by atoms with Gasteiger partial charge in [-0.25, -0.2) is 9.78 Å². The molecule has 2 N–H and O–H groups in total. The minimum atomic E-state index is -0.529. The molecule has 2 spiro atoms. The zero-order valence-electron chi connectivity index (χ0n) is 25.2. The molecule has 224 valence electrons. The van der Waals surface area contributed by atoms with Crippen LogP contribution in [0, 0.1) is 34.5 Å². The topological polar surface area (TPSA) is 83.3 Å². The number of carbonyl (C=O) groups excluding carboxylic acids is 1. The number of rotatable bonds is 8. The van der Waals surface area contributed by atoms with Gasteiger partial charge in [0.25, 0.3) is 0 Å². The molecule has 2 saturated heterocycles. The number of nitrogens with zero attached hydrogens (tertiary/aromatic N) is 1. The molecular weight excluding hydrogens is 504 g/mol. The highest BCUT2D eigenvalue weighted by atomic mass is 17.2. The van der Waals surface area contributed by atoms with Crippen LogP contribution in [0.3, 0.4) is 0 Å². The second kappa shape index (κ2) is 10.8. The number of ether oxygens (including phenoxy) is 2. The van der Waals surface area contributed by atoms with Crippen LogP contribution in [0.25, 0.3) is 0 Å². The van der Waals surface area contributed by atoms with E-state index in [1.54, 1.807) is 0 Å². The highest BCUT2D eigenvalue weighted by Crippen LogP contribution is 2.72. The van der Waals surface area contributed by atoms with Gasteiger partial charge in [0.1, 0.15) is 17.3 Å². The molecule has 7 aliphatic rings. The summed E-state index contributed by atoms with van der Waals surface area (Å²) in [5.74, 6) is 1.85. The number of fused-ring (bicyclic) bond motifs is 2. The highest BCUT2D eigenvalue weighted by molar-refractivity contribution is 5.72. The van der Waals surface area contributed by atoms with E-state index in [4.69, 9.17) is 25.0 Å². The number of allylic oxidation sites excluding steroid dienone is 1. The molecule has 0 aromatic heterocycles. The molecule has 4 aliphatic carbocycles. The number of morpholine rings is 1. The van der Waals surface area contributed by atoms with Crippen molar-refractivity contribution in [2.45, 2.75) is 109 Å². The summed E-state index contributed by atoms with van der Waals surface area (Å²) in [6.45, 7) is 12.8. The number of hydrogen-bond acceptors (Lipinski definition) is 7. The first-order valence-corrected chi connectivity index (χ1v) is 16.2. The van der Waals surface area contributed by atoms with E-state index < -0.39 is 5.60 Å². The molecule has 2 bridgehead atoms. The zero-order chi connectivity index (χ0) is 28.2. The van der Waals surface area contributed by atoms with Crippen LogP contribution in [0.15, 0.2) is 24.3 Å². The van der Waals surface area contributed by atoms with E-state index >= 15 is 0 Å². The predicted molar refractivity (Wildman–Crippen MR) is 154 cm³/mol. The third-order valence-electron chi connectivity index (χ3n) is 12.3. The molecule has 3 saturated carbocycles. The Morgan fingerprint density at radius 2 is 1.88 bits per heavy atom. The number of carbonyl (C=O) groups is 1. The third kappa shape index (κ3) is 4.54. The van der Waals surface area contributed by atoms with E-state index in [2.05, 4.69) is 56.9 Å². The molecule has 7 nitrogen and oxygen atoms in total. The summed E-state index contributed by atoms with van der Waals surface area (Å²) in [6, 6.07) is 0.157. The standard InChI is InChI=1S/C33H52N2O5/c1-5-6-24(34)8-7-23(2)26-9-10-27-30(26,3)13-12-28-31(4)14-11-25(21-32(31)15-16-33(27,28)40-39-32)38-29(36)22-35-17-19-37-20-18-35/h7-8,15-16,23-28H,5-6,9-14,17-22,34H2,1-4H3/b8-7+/t23-,24-,25+,26-,27-,28-,30-,31-,32-,33+/m1/s1. The van der Waals surface area contributed by atoms with Gasteiger partial charge in [-0.05, 0) is 68.3 Å². The van der Waals surface area contributed by atoms with Crippen molar-refractivity contribution in [3.8, 4) is 0 Å². The smallest absolute Gasteiger partial charge is 0.320 e. The van der Waals surface area contributed by atoms with Gasteiger partial charge < -0.3 is 15.2 Å². The van der Waals surface area contributed by atoms with Crippen LogP contribution < -0.4 is 5.73 Å². The van der Waals surface area contributed by atoms with E-state index in [-0.39, 0.29) is 34.5 Å². The van der Waals surface area contributed by atoms with Crippen molar-refractivity contribution in [1.29, 1.82) is 0 Å². The van der Waals surface area contributed by atoms with Gasteiger partial charge in [-0.15, -0.1) is 0 Å². The fourth-order valence-corrected chi connectivity index (χ4v) is 10.1. The Balaban J connectivity index is 1.17. The minimum absolute atomic E-state index is 0.0228. The normalized spacial score (nSPS) is 46.0. The van der Waals surface area contributed by atoms with Gasteiger partial charge in [0.05, 0.1) is 19.8 Å². The quantitative estimate of drug-likeness (QED) is 0.250. The molecule has 10 atom stereocenters. The first-order chi connectivity index (χ1) is 19.2. The number of nitrogens with two attached hydrogens (primary N) is 1. The van der Waals surface area contributed by atoms with Crippen LogP contribution in [-0.4, -0.2) is 67.1 Å². The summed E-state index contributed by atoms with van der Waals surface area (Å²) in [6.07, 6.45) is 18.7. The molecule has 40 heavy (non-hydrogen) atoms. The van der Waals surface area contributed by atoms with Gasteiger partial charge in [-0.2, -0.15) is 0 Å².